The molecule has 4 N–H and O–H groups in total. The largest absolute Gasteiger partial charge is 0.502 e. The van der Waals surface area contributed by atoms with Crippen molar-refractivity contribution in [1.82, 2.24) is 15.0 Å². The van der Waals surface area contributed by atoms with Crippen LogP contribution in [0.5, 0.6) is 5.75 Å². The van der Waals surface area contributed by atoms with Crippen molar-refractivity contribution in [2.75, 3.05) is 23.1 Å². The zero-order valence-electron chi connectivity index (χ0n) is 17.8. The van der Waals surface area contributed by atoms with Crippen molar-refractivity contribution >= 4 is 53.5 Å². The van der Waals surface area contributed by atoms with Crippen molar-refractivity contribution in [3.8, 4) is 5.75 Å². The Morgan fingerprint density at radius 3 is 2.31 bits per heavy atom. The van der Waals surface area contributed by atoms with Crippen LogP contribution >= 0.6 is 12.4 Å². The number of phenols is 1. The number of halogens is 4. The van der Waals surface area contributed by atoms with E-state index in [4.69, 9.17) is 0 Å². The highest BCUT2D eigenvalue weighted by Gasteiger charge is 2.30. The first-order valence-corrected chi connectivity index (χ1v) is 9.31. The van der Waals surface area contributed by atoms with Gasteiger partial charge in [0.15, 0.2) is 0 Å². The van der Waals surface area contributed by atoms with Crippen LogP contribution in [0.15, 0.2) is 41.5 Å². The highest BCUT2D eigenvalue weighted by atomic mass is 35.5. The van der Waals surface area contributed by atoms with Crippen molar-refractivity contribution in [2.24, 2.45) is 5.10 Å². The molecular formula is C18H15ClF3N9O5. The maximum absolute atomic E-state index is 12.9. The molecule has 2 aromatic carbocycles. The average Bonchev–Trinajstić information content (AvgIpc) is 2.79. The van der Waals surface area contributed by atoms with E-state index >= 15 is 0 Å². The molecule has 36 heavy (non-hydrogen) atoms. The van der Waals surface area contributed by atoms with Gasteiger partial charge in [0, 0.05) is 18.8 Å². The first-order chi connectivity index (χ1) is 16.5. The Hall–Kier alpha value is -4.80. The predicted octanol–water partition coefficient (Wildman–Crippen LogP) is 4.07. The molecule has 0 atom stereocenters. The summed E-state index contributed by atoms with van der Waals surface area (Å²) in [6, 6.07) is 5.76. The number of nitrogens with zero attached hydrogens (tertiary/aromatic N) is 6. The molecule has 0 saturated carbocycles. The van der Waals surface area contributed by atoms with Gasteiger partial charge < -0.3 is 15.7 Å². The van der Waals surface area contributed by atoms with Crippen molar-refractivity contribution in [2.45, 2.75) is 6.18 Å². The minimum Gasteiger partial charge on any atom is -0.502 e. The molecule has 0 fully saturated rings. The van der Waals surface area contributed by atoms with E-state index in [0.717, 1.165) is 24.4 Å². The van der Waals surface area contributed by atoms with E-state index in [9.17, 15) is 38.5 Å². The van der Waals surface area contributed by atoms with E-state index in [1.807, 2.05) is 0 Å². The Bertz CT molecular complexity index is 1320. The van der Waals surface area contributed by atoms with Crippen LogP contribution in [0.4, 0.5) is 48.1 Å². The number of aromatic nitrogens is 3. The summed E-state index contributed by atoms with van der Waals surface area (Å²) in [7, 11) is 1.47. The normalized spacial score (nSPS) is 11.0. The molecule has 0 spiro atoms. The second-order valence-electron chi connectivity index (χ2n) is 6.55. The highest BCUT2D eigenvalue weighted by Crippen LogP contribution is 2.33. The molecule has 0 amide bonds. The standard InChI is InChI=1S/C18H14F3N9O5.ClH/c1-22-15-25-16(24-11-4-2-3-10(6-11)18(19,20)21)27-17(26-15)28-23-8-9-5-12(29(32)33)7-13(14(9)31)30(34)35;/h2-8,31H,1H3,(H3,22,24,25,26,27,28);1H. The van der Waals surface area contributed by atoms with Crippen LogP contribution < -0.4 is 16.1 Å². The van der Waals surface area contributed by atoms with Crippen molar-refractivity contribution in [3.05, 3.63) is 67.8 Å². The Balaban J connectivity index is 0.00000456. The molecule has 0 aliphatic rings. The van der Waals surface area contributed by atoms with Gasteiger partial charge in [0.2, 0.25) is 23.6 Å². The number of nitro groups is 2. The molecule has 190 valence electrons. The summed E-state index contributed by atoms with van der Waals surface area (Å²) in [5.41, 5.74) is -0.394. The van der Waals surface area contributed by atoms with Crippen LogP contribution in [0.25, 0.3) is 0 Å². The Morgan fingerprint density at radius 2 is 1.69 bits per heavy atom. The lowest BCUT2D eigenvalue weighted by atomic mass is 10.1. The van der Waals surface area contributed by atoms with Gasteiger partial charge in [0.25, 0.3) is 5.69 Å². The monoisotopic (exact) mass is 529 g/mol. The van der Waals surface area contributed by atoms with Gasteiger partial charge in [-0.05, 0) is 18.2 Å². The highest BCUT2D eigenvalue weighted by molar-refractivity contribution is 5.87. The number of benzene rings is 2. The molecule has 3 aromatic rings. The number of hydrogen-bond donors (Lipinski definition) is 4. The van der Waals surface area contributed by atoms with E-state index in [-0.39, 0.29) is 41.5 Å². The number of alkyl halides is 3. The van der Waals surface area contributed by atoms with E-state index in [1.165, 1.54) is 19.2 Å². The SMILES string of the molecule is CNc1nc(NN=Cc2cc([N+](=O)[O-])cc([N+](=O)[O-])c2O)nc(Nc2cccc(C(F)(F)F)c2)n1.Cl. The van der Waals surface area contributed by atoms with Crippen LogP contribution in [-0.2, 0) is 6.18 Å². The molecule has 14 nitrogen and oxygen atoms in total. The summed E-state index contributed by atoms with van der Waals surface area (Å²) in [5, 5.41) is 41.0. The van der Waals surface area contributed by atoms with Crippen LogP contribution in [0.3, 0.4) is 0 Å². The molecule has 0 radical (unpaired) electrons. The lowest BCUT2D eigenvalue weighted by molar-refractivity contribution is -0.394. The Labute approximate surface area is 205 Å². The summed E-state index contributed by atoms with van der Waals surface area (Å²) < 4.78 is 38.8. The van der Waals surface area contributed by atoms with Gasteiger partial charge in [-0.1, -0.05) is 6.07 Å². The molecule has 1 heterocycles. The van der Waals surface area contributed by atoms with Gasteiger partial charge in [0.05, 0.1) is 33.3 Å². The first kappa shape index (κ1) is 27.4. The van der Waals surface area contributed by atoms with E-state index in [2.05, 4.69) is 36.1 Å². The van der Waals surface area contributed by atoms with Crippen LogP contribution in [0, 0.1) is 20.2 Å². The zero-order valence-corrected chi connectivity index (χ0v) is 18.7. The summed E-state index contributed by atoms with van der Waals surface area (Å²) in [6.07, 6.45) is -3.69. The summed E-state index contributed by atoms with van der Waals surface area (Å²) >= 11 is 0. The third kappa shape index (κ3) is 6.63. The fraction of sp³-hybridized carbons (Fsp3) is 0.111. The number of anilines is 4. The molecule has 0 unspecified atom stereocenters. The van der Waals surface area contributed by atoms with Gasteiger partial charge in [-0.2, -0.15) is 33.2 Å². The number of non-ortho nitro benzene ring substituents is 1. The summed E-state index contributed by atoms with van der Waals surface area (Å²) in [5.74, 6) is -1.23. The lowest BCUT2D eigenvalue weighted by Gasteiger charge is -2.11. The van der Waals surface area contributed by atoms with Crippen LogP contribution in [-0.4, -0.2) is 43.2 Å². The maximum Gasteiger partial charge on any atom is 0.416 e. The molecule has 0 saturated heterocycles. The molecule has 0 aliphatic heterocycles. The van der Waals surface area contributed by atoms with Crippen molar-refractivity contribution < 1.29 is 28.1 Å². The molecule has 0 bridgehead atoms. The molecule has 0 aliphatic carbocycles. The molecular weight excluding hydrogens is 515 g/mol. The van der Waals surface area contributed by atoms with Crippen LogP contribution in [0.2, 0.25) is 0 Å². The van der Waals surface area contributed by atoms with Gasteiger partial charge in [-0.3, -0.25) is 20.2 Å². The number of aromatic hydroxyl groups is 1. The minimum absolute atomic E-state index is 0. The van der Waals surface area contributed by atoms with Gasteiger partial charge in [0.1, 0.15) is 0 Å². The van der Waals surface area contributed by atoms with Gasteiger partial charge in [-0.15, -0.1) is 12.4 Å². The molecule has 18 heteroatoms. The first-order valence-electron chi connectivity index (χ1n) is 9.31. The minimum atomic E-state index is -4.55. The Morgan fingerprint density at radius 1 is 1.03 bits per heavy atom. The predicted molar refractivity (Wildman–Crippen MR) is 124 cm³/mol. The second kappa shape index (κ2) is 11.1. The summed E-state index contributed by atoms with van der Waals surface area (Å²) in [6.45, 7) is 0. The topological polar surface area (TPSA) is 194 Å². The number of nitro benzene ring substituents is 2. The van der Waals surface area contributed by atoms with E-state index in [0.29, 0.717) is 6.07 Å². The van der Waals surface area contributed by atoms with Gasteiger partial charge >= 0.3 is 11.9 Å². The molecule has 3 rings (SSSR count). The van der Waals surface area contributed by atoms with E-state index < -0.39 is 38.7 Å². The third-order valence-corrected chi connectivity index (χ3v) is 4.18. The number of nitrogens with one attached hydrogen (secondary N) is 3. The number of rotatable bonds is 8. The smallest absolute Gasteiger partial charge is 0.416 e. The van der Waals surface area contributed by atoms with Gasteiger partial charge in [-0.25, -0.2) is 5.43 Å². The third-order valence-electron chi connectivity index (χ3n) is 4.18. The fourth-order valence-corrected chi connectivity index (χ4v) is 2.62. The van der Waals surface area contributed by atoms with Crippen LogP contribution in [0.1, 0.15) is 11.1 Å². The number of hydrogen-bond acceptors (Lipinski definition) is 12. The number of hydrazone groups is 1. The second-order valence-corrected chi connectivity index (χ2v) is 6.55. The van der Waals surface area contributed by atoms with E-state index in [1.54, 1.807) is 0 Å². The van der Waals surface area contributed by atoms with Crippen molar-refractivity contribution in [1.29, 1.82) is 0 Å². The lowest BCUT2D eigenvalue weighted by Crippen LogP contribution is -2.08. The quantitative estimate of drug-likeness (QED) is 0.186. The zero-order chi connectivity index (χ0) is 25.8. The maximum atomic E-state index is 12.9. The summed E-state index contributed by atoms with van der Waals surface area (Å²) in [4.78, 5) is 32.0. The average molecular weight is 530 g/mol. The Kier molecular flexibility index (Phi) is 8.45. The fourth-order valence-electron chi connectivity index (χ4n) is 2.62. The number of phenolic OH excluding ortho intramolecular Hbond substituents is 1. The van der Waals surface area contributed by atoms with Crippen molar-refractivity contribution in [3.63, 3.8) is 0 Å². The molecule has 1 aromatic heterocycles.